The van der Waals surface area contributed by atoms with Crippen LogP contribution in [0.15, 0.2) is 6.20 Å². The number of hydrogen-bond acceptors (Lipinski definition) is 7. The van der Waals surface area contributed by atoms with Crippen LogP contribution >= 0.6 is 0 Å². The first-order valence-electron chi connectivity index (χ1n) is 8.54. The molecular weight excluding hydrogens is 318 g/mol. The van der Waals surface area contributed by atoms with Gasteiger partial charge in [-0.2, -0.15) is 15.1 Å². The third-order valence-electron chi connectivity index (χ3n) is 4.70. The van der Waals surface area contributed by atoms with Gasteiger partial charge in [-0.1, -0.05) is 13.8 Å². The van der Waals surface area contributed by atoms with Crippen LogP contribution in [0.25, 0.3) is 11.0 Å². The molecule has 2 N–H and O–H groups in total. The number of nitrogens with zero attached hydrogens (tertiary/aromatic N) is 8. The van der Waals surface area contributed by atoms with Gasteiger partial charge in [0.15, 0.2) is 11.5 Å². The fourth-order valence-electron chi connectivity index (χ4n) is 3.62. The summed E-state index contributed by atoms with van der Waals surface area (Å²) in [5.74, 6) is 3.56. The van der Waals surface area contributed by atoms with Crippen molar-refractivity contribution in [2.24, 2.45) is 13.0 Å². The van der Waals surface area contributed by atoms with E-state index in [2.05, 4.69) is 43.6 Å². The van der Waals surface area contributed by atoms with Crippen molar-refractivity contribution in [3.8, 4) is 0 Å². The van der Waals surface area contributed by atoms with Crippen LogP contribution in [-0.4, -0.2) is 41.1 Å². The lowest BCUT2D eigenvalue weighted by atomic mass is 10.0. The van der Waals surface area contributed by atoms with E-state index < -0.39 is 0 Å². The second kappa shape index (κ2) is 5.68. The third-order valence-corrected chi connectivity index (χ3v) is 4.70. The van der Waals surface area contributed by atoms with Gasteiger partial charge in [0.2, 0.25) is 5.95 Å². The Hall–Kier alpha value is -2.71. The number of aryl methyl sites for hydroxylation is 2. The maximum absolute atomic E-state index is 6.13. The molecule has 0 saturated heterocycles. The van der Waals surface area contributed by atoms with E-state index >= 15 is 0 Å². The summed E-state index contributed by atoms with van der Waals surface area (Å²) >= 11 is 0. The summed E-state index contributed by atoms with van der Waals surface area (Å²) in [7, 11) is 1.86. The van der Waals surface area contributed by atoms with Crippen molar-refractivity contribution in [3.63, 3.8) is 0 Å². The molecule has 0 bridgehead atoms. The highest BCUT2D eigenvalue weighted by Crippen LogP contribution is 2.30. The predicted octanol–water partition coefficient (Wildman–Crippen LogP) is 1.45. The van der Waals surface area contributed by atoms with Crippen molar-refractivity contribution in [3.05, 3.63) is 17.8 Å². The minimum Gasteiger partial charge on any atom is -0.383 e. The monoisotopic (exact) mass is 341 g/mol. The van der Waals surface area contributed by atoms with Crippen LogP contribution < -0.4 is 10.6 Å². The highest BCUT2D eigenvalue weighted by atomic mass is 15.4. The Balaban J connectivity index is 1.75. The largest absolute Gasteiger partial charge is 0.383 e. The average molecular weight is 341 g/mol. The zero-order chi connectivity index (χ0) is 17.7. The molecule has 1 atom stereocenters. The van der Waals surface area contributed by atoms with Gasteiger partial charge in [-0.25, -0.2) is 0 Å². The average Bonchev–Trinajstić information content (AvgIpc) is 3.11. The number of nitrogen functional groups attached to an aromatic ring is 1. The summed E-state index contributed by atoms with van der Waals surface area (Å²) in [6, 6.07) is 0.297. The molecular formula is C16H23N9. The zero-order valence-corrected chi connectivity index (χ0v) is 15.0. The molecule has 9 heteroatoms. The van der Waals surface area contributed by atoms with Gasteiger partial charge in [0, 0.05) is 13.6 Å². The van der Waals surface area contributed by atoms with E-state index in [1.807, 2.05) is 14.0 Å². The lowest BCUT2D eigenvalue weighted by Gasteiger charge is -2.35. The number of aromatic nitrogens is 7. The van der Waals surface area contributed by atoms with Crippen LogP contribution in [0, 0.1) is 12.8 Å². The van der Waals surface area contributed by atoms with Crippen molar-refractivity contribution < 1.29 is 0 Å². The molecule has 0 amide bonds. The fraction of sp³-hybridized carbons (Fsp3) is 0.562. The Morgan fingerprint density at radius 2 is 2.08 bits per heavy atom. The van der Waals surface area contributed by atoms with Gasteiger partial charge in [0.25, 0.3) is 0 Å². The van der Waals surface area contributed by atoms with E-state index in [1.54, 1.807) is 10.9 Å². The molecule has 3 aromatic heterocycles. The van der Waals surface area contributed by atoms with Gasteiger partial charge in [-0.05, 0) is 19.3 Å². The fourth-order valence-corrected chi connectivity index (χ4v) is 3.62. The van der Waals surface area contributed by atoms with Crippen LogP contribution in [0.5, 0.6) is 0 Å². The Kier molecular flexibility index (Phi) is 3.59. The second-order valence-electron chi connectivity index (χ2n) is 7.11. The van der Waals surface area contributed by atoms with Gasteiger partial charge in [0.1, 0.15) is 11.6 Å². The molecule has 0 saturated carbocycles. The minimum atomic E-state index is 0.297. The summed E-state index contributed by atoms with van der Waals surface area (Å²) in [4.78, 5) is 11.3. The highest BCUT2D eigenvalue weighted by Gasteiger charge is 2.30. The predicted molar refractivity (Wildman–Crippen MR) is 95.0 cm³/mol. The van der Waals surface area contributed by atoms with E-state index in [4.69, 9.17) is 10.7 Å². The molecule has 0 fully saturated rings. The van der Waals surface area contributed by atoms with Crippen LogP contribution in [0.4, 0.5) is 11.8 Å². The Labute approximate surface area is 145 Å². The number of anilines is 2. The summed E-state index contributed by atoms with van der Waals surface area (Å²) in [5.41, 5.74) is 6.87. The zero-order valence-electron chi connectivity index (χ0n) is 15.0. The van der Waals surface area contributed by atoms with E-state index in [0.717, 1.165) is 35.6 Å². The van der Waals surface area contributed by atoms with E-state index in [0.29, 0.717) is 30.3 Å². The molecule has 1 aliphatic rings. The van der Waals surface area contributed by atoms with Gasteiger partial charge < -0.3 is 15.2 Å². The summed E-state index contributed by atoms with van der Waals surface area (Å²) in [5, 5.41) is 13.6. The Morgan fingerprint density at radius 3 is 2.84 bits per heavy atom. The molecule has 9 nitrogen and oxygen atoms in total. The normalized spacial score (nSPS) is 17.5. The second-order valence-corrected chi connectivity index (χ2v) is 7.11. The highest BCUT2D eigenvalue weighted by molar-refractivity contribution is 5.86. The maximum atomic E-state index is 6.13. The van der Waals surface area contributed by atoms with Crippen molar-refractivity contribution >= 4 is 22.8 Å². The van der Waals surface area contributed by atoms with Crippen molar-refractivity contribution in [1.29, 1.82) is 0 Å². The maximum Gasteiger partial charge on any atom is 0.229 e. The topological polar surface area (TPSA) is 104 Å². The quantitative estimate of drug-likeness (QED) is 0.769. The number of rotatable bonds is 3. The first-order chi connectivity index (χ1) is 11.9. The molecule has 0 unspecified atom stereocenters. The van der Waals surface area contributed by atoms with Crippen molar-refractivity contribution in [1.82, 2.24) is 34.5 Å². The molecule has 0 aliphatic carbocycles. The standard InChI is InChI=1S/C16H23N9/c1-9(2)5-11-7-24(8-13-22-21-10(3)25(11)13)16-19-14(17)12-6-18-23(4)15(12)20-16/h6,9,11H,5,7-8H2,1-4H3,(H2,17,19,20)/t11-/m0/s1. The van der Waals surface area contributed by atoms with Crippen molar-refractivity contribution in [2.75, 3.05) is 17.2 Å². The SMILES string of the molecule is Cc1nnc2n1[C@@H](CC(C)C)CN(c1nc(N)c3cnn(C)c3n1)C2. The summed E-state index contributed by atoms with van der Waals surface area (Å²) < 4.78 is 3.97. The van der Waals surface area contributed by atoms with Gasteiger partial charge >= 0.3 is 0 Å². The summed E-state index contributed by atoms with van der Waals surface area (Å²) in [6.45, 7) is 7.91. The third kappa shape index (κ3) is 2.59. The Bertz CT molecular complexity index is 923. The van der Waals surface area contributed by atoms with Crippen LogP contribution in [0.2, 0.25) is 0 Å². The van der Waals surface area contributed by atoms with E-state index in [1.165, 1.54) is 0 Å². The van der Waals surface area contributed by atoms with E-state index in [9.17, 15) is 0 Å². The van der Waals surface area contributed by atoms with Gasteiger partial charge in [-0.15, -0.1) is 10.2 Å². The molecule has 4 rings (SSSR count). The number of hydrogen-bond donors (Lipinski definition) is 1. The molecule has 132 valence electrons. The molecule has 25 heavy (non-hydrogen) atoms. The van der Waals surface area contributed by atoms with Crippen LogP contribution in [0.1, 0.15) is 38.0 Å². The minimum absolute atomic E-state index is 0.297. The van der Waals surface area contributed by atoms with Crippen molar-refractivity contribution in [2.45, 2.75) is 39.8 Å². The van der Waals surface area contributed by atoms with Crippen LogP contribution in [0.3, 0.4) is 0 Å². The smallest absolute Gasteiger partial charge is 0.229 e. The lowest BCUT2D eigenvalue weighted by Crippen LogP contribution is -2.39. The Morgan fingerprint density at radius 1 is 1.28 bits per heavy atom. The molecule has 1 aliphatic heterocycles. The number of fused-ring (bicyclic) bond motifs is 2. The lowest BCUT2D eigenvalue weighted by molar-refractivity contribution is 0.356. The van der Waals surface area contributed by atoms with Gasteiger partial charge in [-0.3, -0.25) is 4.68 Å². The molecule has 0 radical (unpaired) electrons. The summed E-state index contributed by atoms with van der Waals surface area (Å²) in [6.07, 6.45) is 2.75. The number of nitrogens with two attached hydrogens (primary N) is 1. The van der Waals surface area contributed by atoms with Gasteiger partial charge in [0.05, 0.1) is 24.2 Å². The molecule has 3 aromatic rings. The molecule has 0 spiro atoms. The van der Waals surface area contributed by atoms with Crippen LogP contribution in [-0.2, 0) is 13.6 Å². The first-order valence-corrected chi connectivity index (χ1v) is 8.54. The first kappa shape index (κ1) is 15.8. The van der Waals surface area contributed by atoms with E-state index in [-0.39, 0.29) is 0 Å². The molecule has 0 aromatic carbocycles. The molecule has 4 heterocycles.